The van der Waals surface area contributed by atoms with Crippen molar-refractivity contribution in [2.45, 2.75) is 18.8 Å². The fourth-order valence-electron chi connectivity index (χ4n) is 2.42. The molecule has 1 fully saturated rings. The van der Waals surface area contributed by atoms with E-state index in [-0.39, 0.29) is 5.97 Å². The number of hydrogen-bond acceptors (Lipinski definition) is 3. The van der Waals surface area contributed by atoms with E-state index in [0.29, 0.717) is 5.92 Å². The first-order valence-electron chi connectivity index (χ1n) is 5.99. The van der Waals surface area contributed by atoms with Gasteiger partial charge in [0, 0.05) is 10.4 Å². The summed E-state index contributed by atoms with van der Waals surface area (Å²) in [6, 6.07) is 7.81. The lowest BCUT2D eigenvalue weighted by molar-refractivity contribution is -0.149. The molecule has 2 rings (SSSR count). The summed E-state index contributed by atoms with van der Waals surface area (Å²) in [7, 11) is 1.44. The fourth-order valence-corrected chi connectivity index (χ4v) is 3.14. The Hall–Kier alpha value is -0.870. The molecule has 0 bridgehead atoms. The van der Waals surface area contributed by atoms with Gasteiger partial charge >= 0.3 is 5.97 Å². The van der Waals surface area contributed by atoms with E-state index in [2.05, 4.69) is 15.9 Å². The molecule has 18 heavy (non-hydrogen) atoms. The topological polar surface area (TPSA) is 35.5 Å². The van der Waals surface area contributed by atoms with Crippen molar-refractivity contribution in [3.63, 3.8) is 0 Å². The minimum absolute atomic E-state index is 0.193. The molecule has 1 aliphatic heterocycles. The molecule has 1 atom stereocenters. The predicted molar refractivity (Wildman–Crippen MR) is 72.4 cm³/mol. The van der Waals surface area contributed by atoms with Crippen LogP contribution in [-0.2, 0) is 19.7 Å². The summed E-state index contributed by atoms with van der Waals surface area (Å²) in [6.07, 6.45) is 0.752. The molecule has 3 nitrogen and oxygen atoms in total. The quantitative estimate of drug-likeness (QED) is 0.802. The van der Waals surface area contributed by atoms with Crippen LogP contribution in [0.3, 0.4) is 0 Å². The highest BCUT2D eigenvalue weighted by Crippen LogP contribution is 2.38. The van der Waals surface area contributed by atoms with Crippen molar-refractivity contribution < 1.29 is 14.3 Å². The Balaban J connectivity index is 2.34. The van der Waals surface area contributed by atoms with Crippen LogP contribution in [0.2, 0.25) is 0 Å². The molecule has 0 N–H and O–H groups in total. The maximum Gasteiger partial charge on any atom is 0.316 e. The highest BCUT2D eigenvalue weighted by Gasteiger charge is 2.41. The van der Waals surface area contributed by atoms with Crippen LogP contribution in [0.1, 0.15) is 18.9 Å². The van der Waals surface area contributed by atoms with Crippen molar-refractivity contribution in [1.82, 2.24) is 0 Å². The minimum Gasteiger partial charge on any atom is -0.468 e. The van der Waals surface area contributed by atoms with Gasteiger partial charge in [0.1, 0.15) is 0 Å². The summed E-state index contributed by atoms with van der Waals surface area (Å²) in [4.78, 5) is 12.2. The zero-order valence-corrected chi connectivity index (χ0v) is 12.2. The number of rotatable bonds is 4. The van der Waals surface area contributed by atoms with Crippen LogP contribution in [0.4, 0.5) is 0 Å². The van der Waals surface area contributed by atoms with Gasteiger partial charge in [-0.15, -0.1) is 0 Å². The van der Waals surface area contributed by atoms with Gasteiger partial charge in [0.25, 0.3) is 0 Å². The van der Waals surface area contributed by atoms with Crippen LogP contribution in [0.25, 0.3) is 0 Å². The largest absolute Gasteiger partial charge is 0.468 e. The summed E-state index contributed by atoms with van der Waals surface area (Å²) in [5.74, 6) is 0.238. The first-order valence-corrected chi connectivity index (χ1v) is 6.78. The summed E-state index contributed by atoms with van der Waals surface area (Å²) < 4.78 is 11.1. The van der Waals surface area contributed by atoms with E-state index in [1.165, 1.54) is 7.11 Å². The highest BCUT2D eigenvalue weighted by atomic mass is 79.9. The second-order valence-corrected chi connectivity index (χ2v) is 5.77. The average molecular weight is 313 g/mol. The van der Waals surface area contributed by atoms with E-state index in [1.54, 1.807) is 0 Å². The molecule has 98 valence electrons. The van der Waals surface area contributed by atoms with Crippen molar-refractivity contribution in [1.29, 1.82) is 0 Å². The lowest BCUT2D eigenvalue weighted by Crippen LogP contribution is -2.41. The Kier molecular flexibility index (Phi) is 4.07. The second-order valence-electron chi connectivity index (χ2n) is 4.91. The van der Waals surface area contributed by atoms with Gasteiger partial charge in [0.15, 0.2) is 0 Å². The van der Waals surface area contributed by atoms with E-state index >= 15 is 0 Å². The molecule has 1 aliphatic rings. The number of methoxy groups -OCH3 is 1. The monoisotopic (exact) mass is 312 g/mol. The molecule has 1 unspecified atom stereocenters. The third-order valence-corrected chi connectivity index (χ3v) is 4.20. The first kappa shape index (κ1) is 13.6. The normalized spacial score (nSPS) is 18.8. The number of esters is 1. The molecule has 0 radical (unpaired) electrons. The van der Waals surface area contributed by atoms with Gasteiger partial charge < -0.3 is 9.47 Å². The van der Waals surface area contributed by atoms with Crippen LogP contribution in [-0.4, -0.2) is 26.3 Å². The molecular weight excluding hydrogens is 296 g/mol. The molecular formula is C14H17BrO3. The summed E-state index contributed by atoms with van der Waals surface area (Å²) in [6.45, 7) is 3.41. The predicted octanol–water partition coefficient (Wildman–Crippen LogP) is 2.92. The zero-order valence-electron chi connectivity index (χ0n) is 10.6. The number of ether oxygens (including phenoxy) is 2. The Bertz CT molecular complexity index is 442. The third-order valence-electron chi connectivity index (χ3n) is 3.51. The molecule has 1 aromatic rings. The van der Waals surface area contributed by atoms with Gasteiger partial charge in [0.05, 0.1) is 25.7 Å². The van der Waals surface area contributed by atoms with Crippen LogP contribution in [0.15, 0.2) is 28.7 Å². The van der Waals surface area contributed by atoms with Crippen LogP contribution in [0.5, 0.6) is 0 Å². The number of halogens is 1. The molecule has 0 aromatic heterocycles. The zero-order chi connectivity index (χ0) is 13.2. The number of carbonyl (C=O) groups excluding carboxylic acids is 1. The smallest absolute Gasteiger partial charge is 0.316 e. The standard InChI is InChI=1S/C14H17BrO3/c1-14(13(16)17-2,7-10-8-18-9-10)11-5-3-4-6-12(11)15/h3-6,10H,7-9H2,1-2H3. The van der Waals surface area contributed by atoms with Gasteiger partial charge in [-0.3, -0.25) is 4.79 Å². The van der Waals surface area contributed by atoms with Crippen molar-refractivity contribution in [3.8, 4) is 0 Å². The Morgan fingerprint density at radius 1 is 1.50 bits per heavy atom. The molecule has 4 heteroatoms. The van der Waals surface area contributed by atoms with Gasteiger partial charge in [0.2, 0.25) is 0 Å². The summed E-state index contributed by atoms with van der Waals surface area (Å²) >= 11 is 3.52. The van der Waals surface area contributed by atoms with Gasteiger partial charge in [-0.05, 0) is 25.0 Å². The van der Waals surface area contributed by atoms with Crippen molar-refractivity contribution in [2.75, 3.05) is 20.3 Å². The molecule has 1 saturated heterocycles. The highest BCUT2D eigenvalue weighted by molar-refractivity contribution is 9.10. The van der Waals surface area contributed by atoms with Crippen LogP contribution >= 0.6 is 15.9 Å². The van der Waals surface area contributed by atoms with Gasteiger partial charge in [-0.1, -0.05) is 34.1 Å². The van der Waals surface area contributed by atoms with Crippen LogP contribution in [0, 0.1) is 5.92 Å². The molecule has 1 heterocycles. The van der Waals surface area contributed by atoms with E-state index < -0.39 is 5.41 Å². The molecule has 0 aliphatic carbocycles. The van der Waals surface area contributed by atoms with E-state index in [4.69, 9.17) is 9.47 Å². The van der Waals surface area contributed by atoms with Crippen molar-refractivity contribution in [2.24, 2.45) is 5.92 Å². The van der Waals surface area contributed by atoms with Gasteiger partial charge in [-0.2, -0.15) is 0 Å². The van der Waals surface area contributed by atoms with E-state index in [1.807, 2.05) is 31.2 Å². The molecule has 0 amide bonds. The average Bonchev–Trinajstić information content (AvgIpc) is 2.33. The second kappa shape index (κ2) is 5.41. The van der Waals surface area contributed by atoms with Crippen molar-refractivity contribution >= 4 is 21.9 Å². The lowest BCUT2D eigenvalue weighted by atomic mass is 9.75. The Morgan fingerprint density at radius 3 is 2.67 bits per heavy atom. The lowest BCUT2D eigenvalue weighted by Gasteiger charge is -2.35. The minimum atomic E-state index is -0.622. The summed E-state index contributed by atoms with van der Waals surface area (Å²) in [5.41, 5.74) is 0.354. The maximum absolute atomic E-state index is 12.2. The van der Waals surface area contributed by atoms with Gasteiger partial charge in [-0.25, -0.2) is 0 Å². The summed E-state index contributed by atoms with van der Waals surface area (Å²) in [5, 5.41) is 0. The third kappa shape index (κ3) is 2.45. The van der Waals surface area contributed by atoms with Crippen LogP contribution < -0.4 is 0 Å². The number of hydrogen-bond donors (Lipinski definition) is 0. The fraction of sp³-hybridized carbons (Fsp3) is 0.500. The Morgan fingerprint density at radius 2 is 2.17 bits per heavy atom. The maximum atomic E-state index is 12.2. The molecule has 0 spiro atoms. The first-order chi connectivity index (χ1) is 8.58. The molecule has 1 aromatic carbocycles. The van der Waals surface area contributed by atoms with E-state index in [9.17, 15) is 4.79 Å². The van der Waals surface area contributed by atoms with E-state index in [0.717, 1.165) is 29.7 Å². The number of benzene rings is 1. The number of carbonyl (C=O) groups is 1. The Labute approximate surface area is 116 Å². The van der Waals surface area contributed by atoms with Crippen molar-refractivity contribution in [3.05, 3.63) is 34.3 Å². The molecule has 0 saturated carbocycles. The SMILES string of the molecule is COC(=O)C(C)(CC1COC1)c1ccccc1Br.